The summed E-state index contributed by atoms with van der Waals surface area (Å²) >= 11 is 0. The van der Waals surface area contributed by atoms with Gasteiger partial charge in [-0.25, -0.2) is 0 Å². The van der Waals surface area contributed by atoms with Crippen LogP contribution in [0.4, 0.5) is 11.4 Å². The van der Waals surface area contributed by atoms with E-state index in [0.29, 0.717) is 11.1 Å². The van der Waals surface area contributed by atoms with Crippen LogP contribution in [0.5, 0.6) is 0 Å². The Hall–Kier alpha value is -2.89. The van der Waals surface area contributed by atoms with Crippen molar-refractivity contribution < 1.29 is 27.6 Å². The molecule has 0 bridgehead atoms. The highest BCUT2D eigenvalue weighted by atomic mass is 32.2. The summed E-state index contributed by atoms with van der Waals surface area (Å²) in [6.45, 7) is 0. The Balaban J connectivity index is 2.13. The molecular formula is C17H18N2O8S. The lowest BCUT2D eigenvalue weighted by Gasteiger charge is -2.19. The SMILES string of the molecule is CS(=O)(=O)OC(CCC(O)c1ccc([N+](=O)[O-])cc1)c1ccc([N+](=O)[O-])cc1. The standard InChI is InChI=1S/C17H18N2O8S/c1-28(25,26)27-17(13-4-8-15(9-5-13)19(23)24)11-10-16(20)12-2-6-14(7-3-12)18(21)22/h2-9,16-17,20H,10-11H2,1H3. The van der Waals surface area contributed by atoms with Crippen LogP contribution in [0.2, 0.25) is 0 Å². The van der Waals surface area contributed by atoms with Crippen LogP contribution in [-0.4, -0.2) is 29.6 Å². The quantitative estimate of drug-likeness (QED) is 0.376. The van der Waals surface area contributed by atoms with E-state index in [9.17, 15) is 33.8 Å². The van der Waals surface area contributed by atoms with Gasteiger partial charge in [-0.3, -0.25) is 24.4 Å². The Labute approximate surface area is 160 Å². The molecule has 150 valence electrons. The number of nitro groups is 2. The molecule has 2 atom stereocenters. The first-order valence-corrected chi connectivity index (χ1v) is 9.93. The molecule has 10 nitrogen and oxygen atoms in total. The molecule has 2 aromatic carbocycles. The molecule has 0 heterocycles. The fraction of sp³-hybridized carbons (Fsp3) is 0.294. The topological polar surface area (TPSA) is 150 Å². The molecule has 0 aliphatic heterocycles. The zero-order valence-corrected chi connectivity index (χ0v) is 15.6. The Morgan fingerprint density at radius 1 is 0.893 bits per heavy atom. The second-order valence-electron chi connectivity index (χ2n) is 6.08. The molecule has 0 fully saturated rings. The minimum absolute atomic E-state index is 0.100. The summed E-state index contributed by atoms with van der Waals surface area (Å²) in [7, 11) is -3.82. The third kappa shape index (κ3) is 6.08. The van der Waals surface area contributed by atoms with E-state index in [4.69, 9.17) is 4.18 Å². The fourth-order valence-corrected chi connectivity index (χ4v) is 3.22. The van der Waals surface area contributed by atoms with Crippen LogP contribution >= 0.6 is 0 Å². The van der Waals surface area contributed by atoms with Crippen molar-refractivity contribution in [3.05, 3.63) is 79.9 Å². The molecule has 2 aromatic rings. The van der Waals surface area contributed by atoms with Gasteiger partial charge in [0.2, 0.25) is 0 Å². The molecule has 0 aliphatic carbocycles. The van der Waals surface area contributed by atoms with Crippen molar-refractivity contribution in [2.45, 2.75) is 25.0 Å². The van der Waals surface area contributed by atoms with Crippen molar-refractivity contribution in [1.82, 2.24) is 0 Å². The Kier molecular flexibility index (Phi) is 6.78. The molecule has 0 aliphatic rings. The zero-order valence-electron chi connectivity index (χ0n) is 14.8. The van der Waals surface area contributed by atoms with E-state index in [-0.39, 0.29) is 24.2 Å². The van der Waals surface area contributed by atoms with Crippen molar-refractivity contribution in [3.8, 4) is 0 Å². The van der Waals surface area contributed by atoms with Crippen LogP contribution in [-0.2, 0) is 14.3 Å². The van der Waals surface area contributed by atoms with E-state index in [1.807, 2.05) is 0 Å². The van der Waals surface area contributed by atoms with Crippen molar-refractivity contribution >= 4 is 21.5 Å². The summed E-state index contributed by atoms with van der Waals surface area (Å²) in [5, 5.41) is 31.7. The van der Waals surface area contributed by atoms with Gasteiger partial charge in [-0.15, -0.1) is 0 Å². The highest BCUT2D eigenvalue weighted by Crippen LogP contribution is 2.30. The first kappa shape index (κ1) is 21.4. The van der Waals surface area contributed by atoms with Gasteiger partial charge >= 0.3 is 0 Å². The normalized spacial score (nSPS) is 13.6. The van der Waals surface area contributed by atoms with Crippen LogP contribution < -0.4 is 0 Å². The molecule has 2 unspecified atom stereocenters. The van der Waals surface area contributed by atoms with Gasteiger partial charge in [0.05, 0.1) is 22.2 Å². The maximum absolute atomic E-state index is 11.5. The van der Waals surface area contributed by atoms with Gasteiger partial charge in [-0.1, -0.05) is 0 Å². The number of aliphatic hydroxyl groups is 1. The number of benzene rings is 2. The van der Waals surface area contributed by atoms with E-state index in [1.54, 1.807) is 0 Å². The first-order chi connectivity index (χ1) is 13.1. The minimum Gasteiger partial charge on any atom is -0.388 e. The van der Waals surface area contributed by atoms with E-state index >= 15 is 0 Å². The van der Waals surface area contributed by atoms with E-state index in [2.05, 4.69) is 0 Å². The number of hydrogen-bond donors (Lipinski definition) is 1. The third-order valence-corrected chi connectivity index (χ3v) is 4.54. The van der Waals surface area contributed by atoms with Gasteiger partial charge < -0.3 is 5.11 Å². The van der Waals surface area contributed by atoms with Crippen molar-refractivity contribution in [1.29, 1.82) is 0 Å². The van der Waals surface area contributed by atoms with Gasteiger partial charge in [0.1, 0.15) is 6.10 Å². The van der Waals surface area contributed by atoms with Crippen LogP contribution in [0.1, 0.15) is 36.2 Å². The summed E-state index contributed by atoms with van der Waals surface area (Å²) in [4.78, 5) is 20.3. The van der Waals surface area contributed by atoms with Gasteiger partial charge in [-0.05, 0) is 48.2 Å². The Bertz CT molecular complexity index is 942. The second-order valence-corrected chi connectivity index (χ2v) is 7.68. The summed E-state index contributed by atoms with van der Waals surface area (Å²) in [5.74, 6) is 0. The lowest BCUT2D eigenvalue weighted by molar-refractivity contribution is -0.385. The number of nitro benzene ring substituents is 2. The molecule has 0 saturated heterocycles. The maximum Gasteiger partial charge on any atom is 0.269 e. The number of hydrogen-bond acceptors (Lipinski definition) is 8. The number of rotatable bonds is 9. The second kappa shape index (κ2) is 8.87. The molecule has 1 N–H and O–H groups in total. The summed E-state index contributed by atoms with van der Waals surface area (Å²) in [6, 6.07) is 10.6. The van der Waals surface area contributed by atoms with Crippen molar-refractivity contribution in [2.24, 2.45) is 0 Å². The molecule has 28 heavy (non-hydrogen) atoms. The van der Waals surface area contributed by atoms with Crippen molar-refractivity contribution in [3.63, 3.8) is 0 Å². The Morgan fingerprint density at radius 2 is 1.32 bits per heavy atom. The molecule has 2 rings (SSSR count). The largest absolute Gasteiger partial charge is 0.388 e. The fourth-order valence-electron chi connectivity index (χ4n) is 2.59. The first-order valence-electron chi connectivity index (χ1n) is 8.12. The number of non-ortho nitro benzene ring substituents is 2. The van der Waals surface area contributed by atoms with E-state index in [1.165, 1.54) is 48.5 Å². The molecule has 11 heteroatoms. The zero-order chi connectivity index (χ0) is 20.9. The number of nitrogens with zero attached hydrogens (tertiary/aromatic N) is 2. The predicted molar refractivity (Wildman–Crippen MR) is 99.1 cm³/mol. The molecule has 0 aromatic heterocycles. The Morgan fingerprint density at radius 3 is 1.71 bits per heavy atom. The highest BCUT2D eigenvalue weighted by molar-refractivity contribution is 7.86. The van der Waals surface area contributed by atoms with Crippen molar-refractivity contribution in [2.75, 3.05) is 6.26 Å². The number of aliphatic hydroxyl groups excluding tert-OH is 1. The summed E-state index contributed by atoms with van der Waals surface area (Å²) in [6.07, 6.45) is -0.844. The van der Waals surface area contributed by atoms with Gasteiger partial charge in [0.25, 0.3) is 21.5 Å². The predicted octanol–water partition coefficient (Wildman–Crippen LogP) is 3.03. The van der Waals surface area contributed by atoms with Gasteiger partial charge in [0, 0.05) is 24.3 Å². The van der Waals surface area contributed by atoms with Gasteiger partial charge in [-0.2, -0.15) is 8.42 Å². The molecular weight excluding hydrogens is 392 g/mol. The summed E-state index contributed by atoms with van der Waals surface area (Å²) in [5.41, 5.74) is 0.590. The van der Waals surface area contributed by atoms with Crippen LogP contribution in [0, 0.1) is 20.2 Å². The lowest BCUT2D eigenvalue weighted by Crippen LogP contribution is -2.12. The molecule has 0 amide bonds. The van der Waals surface area contributed by atoms with Crippen LogP contribution in [0.3, 0.4) is 0 Å². The smallest absolute Gasteiger partial charge is 0.269 e. The van der Waals surface area contributed by atoms with Crippen LogP contribution in [0.25, 0.3) is 0 Å². The monoisotopic (exact) mass is 410 g/mol. The van der Waals surface area contributed by atoms with Crippen LogP contribution in [0.15, 0.2) is 48.5 Å². The average Bonchev–Trinajstić information content (AvgIpc) is 2.64. The molecule has 0 saturated carbocycles. The van der Waals surface area contributed by atoms with E-state index in [0.717, 1.165) is 6.26 Å². The van der Waals surface area contributed by atoms with Gasteiger partial charge in [0.15, 0.2) is 0 Å². The van der Waals surface area contributed by atoms with E-state index < -0.39 is 32.2 Å². The average molecular weight is 410 g/mol. The maximum atomic E-state index is 11.5. The minimum atomic E-state index is -3.82. The third-order valence-electron chi connectivity index (χ3n) is 3.96. The molecule has 0 spiro atoms. The molecule has 0 radical (unpaired) electrons. The highest BCUT2D eigenvalue weighted by Gasteiger charge is 2.21. The lowest BCUT2D eigenvalue weighted by atomic mass is 9.99. The summed E-state index contributed by atoms with van der Waals surface area (Å²) < 4.78 is 28.2.